The number of rotatable bonds is 0. The molecule has 0 bridgehead atoms. The molecule has 1 atom stereocenters. The number of carbonyl (C=O) groups is 1. The molecule has 2 rings (SSSR count). The molecule has 4 nitrogen and oxygen atoms in total. The average Bonchev–Trinajstić information content (AvgIpc) is 2.11. The predicted molar refractivity (Wildman–Crippen MR) is 64.8 cm³/mol. The normalized spacial score (nSPS) is 27.8. The van der Waals surface area contributed by atoms with Gasteiger partial charge in [0.05, 0.1) is 13.2 Å². The maximum absolute atomic E-state index is 12.0. The van der Waals surface area contributed by atoms with Gasteiger partial charge < -0.3 is 14.4 Å². The third-order valence-corrected chi connectivity index (χ3v) is 3.31. The Morgan fingerprint density at radius 3 is 2.53 bits per heavy atom. The van der Waals surface area contributed by atoms with E-state index in [1.807, 2.05) is 25.7 Å². The summed E-state index contributed by atoms with van der Waals surface area (Å²) in [5, 5.41) is 0. The molecule has 0 aliphatic carbocycles. The number of amides is 1. The number of ether oxygens (including phenoxy) is 2. The maximum Gasteiger partial charge on any atom is 0.410 e. The summed E-state index contributed by atoms with van der Waals surface area (Å²) in [4.78, 5) is 13.9. The van der Waals surface area contributed by atoms with Gasteiger partial charge in [0.25, 0.3) is 0 Å². The largest absolute Gasteiger partial charge is 0.444 e. The van der Waals surface area contributed by atoms with Crippen LogP contribution >= 0.6 is 0 Å². The lowest BCUT2D eigenvalue weighted by Crippen LogP contribution is -2.58. The molecule has 2 heterocycles. The third kappa shape index (κ3) is 2.92. The molecule has 1 amide bonds. The summed E-state index contributed by atoms with van der Waals surface area (Å²) in [5.41, 5.74) is -0.213. The van der Waals surface area contributed by atoms with Crippen LogP contribution in [0.15, 0.2) is 0 Å². The molecule has 4 heteroatoms. The number of hydrogen-bond acceptors (Lipinski definition) is 3. The van der Waals surface area contributed by atoms with Gasteiger partial charge in [-0.25, -0.2) is 4.79 Å². The van der Waals surface area contributed by atoms with Crippen LogP contribution in [0.4, 0.5) is 4.79 Å². The molecular weight excluding hydrogens is 218 g/mol. The number of hydrogen-bond donors (Lipinski definition) is 0. The minimum atomic E-state index is -0.416. The van der Waals surface area contributed by atoms with E-state index in [2.05, 4.69) is 6.92 Å². The van der Waals surface area contributed by atoms with E-state index < -0.39 is 5.60 Å². The van der Waals surface area contributed by atoms with E-state index in [1.165, 1.54) is 0 Å². The molecule has 0 aromatic heterocycles. The molecule has 2 aliphatic heterocycles. The van der Waals surface area contributed by atoms with Crippen LogP contribution in [0, 0.1) is 11.3 Å². The monoisotopic (exact) mass is 241 g/mol. The lowest BCUT2D eigenvalue weighted by atomic mass is 9.74. The van der Waals surface area contributed by atoms with Gasteiger partial charge in [-0.1, -0.05) is 6.92 Å². The molecular formula is C13H23NO3. The highest BCUT2D eigenvalue weighted by Crippen LogP contribution is 2.39. The van der Waals surface area contributed by atoms with Crippen LogP contribution in [-0.2, 0) is 9.47 Å². The summed E-state index contributed by atoms with van der Waals surface area (Å²) < 4.78 is 10.7. The zero-order valence-electron chi connectivity index (χ0n) is 11.3. The molecule has 2 fully saturated rings. The van der Waals surface area contributed by atoms with Crippen molar-refractivity contribution in [2.24, 2.45) is 11.3 Å². The summed E-state index contributed by atoms with van der Waals surface area (Å²) in [7, 11) is 0. The molecule has 0 aromatic carbocycles. The molecule has 0 saturated carbocycles. The smallest absolute Gasteiger partial charge is 0.410 e. The van der Waals surface area contributed by atoms with Gasteiger partial charge in [-0.2, -0.15) is 0 Å². The van der Waals surface area contributed by atoms with Crippen LogP contribution in [0.2, 0.25) is 0 Å². The van der Waals surface area contributed by atoms with Crippen LogP contribution in [0.5, 0.6) is 0 Å². The first-order chi connectivity index (χ1) is 7.80. The summed E-state index contributed by atoms with van der Waals surface area (Å²) in [6.45, 7) is 11.1. The Morgan fingerprint density at radius 1 is 1.41 bits per heavy atom. The maximum atomic E-state index is 12.0. The second-order valence-corrected chi connectivity index (χ2v) is 6.66. The number of likely N-dealkylation sites (tertiary alicyclic amines) is 1. The molecule has 98 valence electrons. The van der Waals surface area contributed by atoms with E-state index in [0.29, 0.717) is 5.92 Å². The quantitative estimate of drug-likeness (QED) is 0.653. The second kappa shape index (κ2) is 4.16. The Labute approximate surface area is 103 Å². The molecule has 17 heavy (non-hydrogen) atoms. The molecule has 2 aliphatic rings. The molecule has 0 N–H and O–H groups in total. The lowest BCUT2D eigenvalue weighted by Gasteiger charge is -2.50. The van der Waals surface area contributed by atoms with Crippen LogP contribution in [0.25, 0.3) is 0 Å². The summed E-state index contributed by atoms with van der Waals surface area (Å²) in [6, 6.07) is 0. The van der Waals surface area contributed by atoms with E-state index in [9.17, 15) is 4.79 Å². The molecule has 0 radical (unpaired) electrons. The van der Waals surface area contributed by atoms with Crippen LogP contribution in [-0.4, -0.2) is 42.9 Å². The van der Waals surface area contributed by atoms with E-state index in [0.717, 1.165) is 32.7 Å². The van der Waals surface area contributed by atoms with Gasteiger partial charge in [-0.15, -0.1) is 0 Å². The van der Waals surface area contributed by atoms with Crippen molar-refractivity contribution in [3.05, 3.63) is 0 Å². The zero-order valence-corrected chi connectivity index (χ0v) is 11.3. The highest BCUT2D eigenvalue weighted by molar-refractivity contribution is 5.68. The fourth-order valence-corrected chi connectivity index (χ4v) is 2.78. The number of piperidine rings is 1. The molecule has 2 saturated heterocycles. The minimum Gasteiger partial charge on any atom is -0.444 e. The van der Waals surface area contributed by atoms with E-state index in [-0.39, 0.29) is 11.5 Å². The summed E-state index contributed by atoms with van der Waals surface area (Å²) in [5.74, 6) is 0.528. The zero-order chi connectivity index (χ0) is 12.7. The van der Waals surface area contributed by atoms with Crippen molar-refractivity contribution < 1.29 is 14.3 Å². The first-order valence-corrected chi connectivity index (χ1v) is 6.35. The Morgan fingerprint density at radius 2 is 2.06 bits per heavy atom. The molecule has 1 spiro atoms. The first kappa shape index (κ1) is 12.7. The van der Waals surface area contributed by atoms with Crippen LogP contribution in [0.1, 0.15) is 34.1 Å². The highest BCUT2D eigenvalue weighted by atomic mass is 16.6. The first-order valence-electron chi connectivity index (χ1n) is 6.35. The lowest BCUT2D eigenvalue weighted by molar-refractivity contribution is -0.151. The van der Waals surface area contributed by atoms with Crippen molar-refractivity contribution in [3.63, 3.8) is 0 Å². The SMILES string of the molecule is CC1CN(C(=O)OC(C)(C)C)CC2(COC2)C1. The van der Waals surface area contributed by atoms with Crippen LogP contribution < -0.4 is 0 Å². The van der Waals surface area contributed by atoms with Gasteiger partial charge in [0, 0.05) is 18.5 Å². The van der Waals surface area contributed by atoms with Crippen molar-refractivity contribution in [3.8, 4) is 0 Å². The number of carbonyl (C=O) groups excluding carboxylic acids is 1. The van der Waals surface area contributed by atoms with Crippen molar-refractivity contribution in [2.75, 3.05) is 26.3 Å². The molecule has 1 unspecified atom stereocenters. The summed E-state index contributed by atoms with van der Waals surface area (Å²) >= 11 is 0. The average molecular weight is 241 g/mol. The Balaban J connectivity index is 1.98. The van der Waals surface area contributed by atoms with Crippen molar-refractivity contribution in [1.82, 2.24) is 4.90 Å². The highest BCUT2D eigenvalue weighted by Gasteiger charge is 2.46. The van der Waals surface area contributed by atoms with Gasteiger partial charge in [-0.3, -0.25) is 0 Å². The Hall–Kier alpha value is -0.770. The summed E-state index contributed by atoms with van der Waals surface area (Å²) in [6.07, 6.45) is 0.974. The van der Waals surface area contributed by atoms with Crippen LogP contribution in [0.3, 0.4) is 0 Å². The molecule has 0 aromatic rings. The predicted octanol–water partition coefficient (Wildman–Crippen LogP) is 2.28. The van der Waals surface area contributed by atoms with Gasteiger partial charge in [-0.05, 0) is 33.1 Å². The standard InChI is InChI=1S/C13H23NO3/c1-10-5-13(8-16-9-13)7-14(6-10)11(15)17-12(2,3)4/h10H,5-9H2,1-4H3. The second-order valence-electron chi connectivity index (χ2n) is 6.66. The van der Waals surface area contributed by atoms with Crippen molar-refractivity contribution in [2.45, 2.75) is 39.7 Å². The number of nitrogens with zero attached hydrogens (tertiary/aromatic N) is 1. The van der Waals surface area contributed by atoms with Gasteiger partial charge in [0.1, 0.15) is 5.60 Å². The third-order valence-electron chi connectivity index (χ3n) is 3.31. The van der Waals surface area contributed by atoms with Gasteiger partial charge >= 0.3 is 6.09 Å². The van der Waals surface area contributed by atoms with Crippen molar-refractivity contribution in [1.29, 1.82) is 0 Å². The fraction of sp³-hybridized carbons (Fsp3) is 0.923. The van der Waals surface area contributed by atoms with Crippen molar-refractivity contribution >= 4 is 6.09 Å². The van der Waals surface area contributed by atoms with Gasteiger partial charge in [0.15, 0.2) is 0 Å². The van der Waals surface area contributed by atoms with E-state index >= 15 is 0 Å². The van der Waals surface area contributed by atoms with E-state index in [1.54, 1.807) is 0 Å². The van der Waals surface area contributed by atoms with E-state index in [4.69, 9.17) is 9.47 Å². The topological polar surface area (TPSA) is 38.8 Å². The Bertz CT molecular complexity index is 304. The van der Waals surface area contributed by atoms with Gasteiger partial charge in [0.2, 0.25) is 0 Å². The Kier molecular flexibility index (Phi) is 3.10. The minimum absolute atomic E-state index is 0.185. The fourth-order valence-electron chi connectivity index (χ4n) is 2.78.